The summed E-state index contributed by atoms with van der Waals surface area (Å²) in [6.45, 7) is 1.85. The summed E-state index contributed by atoms with van der Waals surface area (Å²) in [7, 11) is 0. The van der Waals surface area contributed by atoms with Gasteiger partial charge in [-0.3, -0.25) is 9.59 Å². The van der Waals surface area contributed by atoms with E-state index in [4.69, 9.17) is 16.3 Å². The van der Waals surface area contributed by atoms with Gasteiger partial charge in [-0.05, 0) is 79.2 Å². The first-order valence-corrected chi connectivity index (χ1v) is 12.7. The highest BCUT2D eigenvalue weighted by Gasteiger charge is 2.15. The first kappa shape index (κ1) is 25.4. The number of anilines is 2. The van der Waals surface area contributed by atoms with Gasteiger partial charge < -0.3 is 15.4 Å². The van der Waals surface area contributed by atoms with Crippen LogP contribution in [0.3, 0.4) is 0 Å². The number of ether oxygens (including phenoxy) is 1. The SMILES string of the molecule is CC(Sc1cccc(NC(=O)Cc2ccc(Cl)cc2)c1)C(=O)Nc1ccc(Oc2ccccc2)cc1. The fourth-order valence-electron chi connectivity index (χ4n) is 3.37. The molecule has 4 aromatic carbocycles. The highest BCUT2D eigenvalue weighted by Crippen LogP contribution is 2.28. The second kappa shape index (κ2) is 12.3. The smallest absolute Gasteiger partial charge is 0.237 e. The van der Waals surface area contributed by atoms with Gasteiger partial charge in [-0.15, -0.1) is 11.8 Å². The molecule has 0 aromatic heterocycles. The van der Waals surface area contributed by atoms with E-state index in [0.717, 1.165) is 16.2 Å². The molecule has 2 N–H and O–H groups in total. The second-order valence-electron chi connectivity index (χ2n) is 8.07. The number of carbonyl (C=O) groups excluding carboxylic acids is 2. The highest BCUT2D eigenvalue weighted by molar-refractivity contribution is 8.00. The van der Waals surface area contributed by atoms with Crippen LogP contribution in [0.4, 0.5) is 11.4 Å². The van der Waals surface area contributed by atoms with Gasteiger partial charge in [0.25, 0.3) is 0 Å². The summed E-state index contributed by atoms with van der Waals surface area (Å²) in [6, 6.07) is 31.4. The second-order valence-corrected chi connectivity index (χ2v) is 9.92. The normalized spacial score (nSPS) is 11.4. The van der Waals surface area contributed by atoms with E-state index >= 15 is 0 Å². The topological polar surface area (TPSA) is 67.4 Å². The van der Waals surface area contributed by atoms with Crippen molar-refractivity contribution in [3.63, 3.8) is 0 Å². The molecule has 4 aromatic rings. The van der Waals surface area contributed by atoms with Crippen molar-refractivity contribution in [1.82, 2.24) is 0 Å². The Hall–Kier alpha value is -3.74. The highest BCUT2D eigenvalue weighted by atomic mass is 35.5. The van der Waals surface area contributed by atoms with E-state index < -0.39 is 0 Å². The molecule has 2 amide bonds. The Bertz CT molecular complexity index is 1310. The predicted molar refractivity (Wildman–Crippen MR) is 147 cm³/mol. The first-order valence-electron chi connectivity index (χ1n) is 11.4. The number of carbonyl (C=O) groups is 2. The van der Waals surface area contributed by atoms with Crippen LogP contribution in [0.25, 0.3) is 0 Å². The van der Waals surface area contributed by atoms with Gasteiger partial charge in [0.1, 0.15) is 11.5 Å². The number of amides is 2. The number of benzene rings is 4. The Morgan fingerprint density at radius 3 is 2.22 bits per heavy atom. The Morgan fingerprint density at radius 1 is 0.806 bits per heavy atom. The number of hydrogen-bond donors (Lipinski definition) is 2. The average molecular weight is 517 g/mol. The number of rotatable bonds is 9. The third kappa shape index (κ3) is 7.63. The van der Waals surface area contributed by atoms with E-state index in [9.17, 15) is 9.59 Å². The van der Waals surface area contributed by atoms with Gasteiger partial charge in [0, 0.05) is 21.3 Å². The lowest BCUT2D eigenvalue weighted by molar-refractivity contribution is -0.116. The summed E-state index contributed by atoms with van der Waals surface area (Å²) < 4.78 is 5.79. The molecule has 0 saturated heterocycles. The molecule has 0 fully saturated rings. The van der Waals surface area contributed by atoms with Crippen molar-refractivity contribution in [2.45, 2.75) is 23.5 Å². The lowest BCUT2D eigenvalue weighted by atomic mass is 10.1. The minimum atomic E-state index is -0.342. The van der Waals surface area contributed by atoms with Crippen LogP contribution in [0.1, 0.15) is 12.5 Å². The molecule has 0 radical (unpaired) electrons. The number of nitrogens with one attached hydrogen (secondary N) is 2. The average Bonchev–Trinajstić information content (AvgIpc) is 2.87. The standard InChI is InChI=1S/C29H25ClN2O3S/c1-20(29(34)32-23-14-16-26(17-15-23)35-25-7-3-2-4-8-25)36-27-9-5-6-24(19-27)31-28(33)18-21-10-12-22(30)13-11-21/h2-17,19-20H,18H2,1H3,(H,31,33)(H,32,34). The molecule has 0 saturated carbocycles. The third-order valence-corrected chi connectivity index (χ3v) is 6.52. The zero-order valence-corrected chi connectivity index (χ0v) is 21.2. The van der Waals surface area contributed by atoms with Crippen LogP contribution in [0, 0.1) is 0 Å². The summed E-state index contributed by atoms with van der Waals surface area (Å²) in [4.78, 5) is 26.0. The van der Waals surface area contributed by atoms with Crippen LogP contribution in [-0.2, 0) is 16.0 Å². The molecule has 7 heteroatoms. The summed E-state index contributed by atoms with van der Waals surface area (Å²) >= 11 is 7.32. The number of thioether (sulfide) groups is 1. The van der Waals surface area contributed by atoms with Crippen molar-refractivity contribution in [1.29, 1.82) is 0 Å². The molecule has 0 aliphatic rings. The maximum atomic E-state index is 12.7. The zero-order chi connectivity index (χ0) is 25.3. The molecule has 0 heterocycles. The van der Waals surface area contributed by atoms with Crippen LogP contribution >= 0.6 is 23.4 Å². The molecule has 182 valence electrons. The van der Waals surface area contributed by atoms with Gasteiger partial charge in [0.05, 0.1) is 11.7 Å². The lowest BCUT2D eigenvalue weighted by Crippen LogP contribution is -2.22. The summed E-state index contributed by atoms with van der Waals surface area (Å²) in [5.41, 5.74) is 2.25. The number of halogens is 1. The van der Waals surface area contributed by atoms with E-state index in [2.05, 4.69) is 10.6 Å². The van der Waals surface area contributed by atoms with Crippen molar-refractivity contribution < 1.29 is 14.3 Å². The molecule has 1 unspecified atom stereocenters. The van der Waals surface area contributed by atoms with E-state index in [0.29, 0.717) is 22.1 Å². The Labute approximate surface area is 219 Å². The minimum absolute atomic E-state index is 0.117. The van der Waals surface area contributed by atoms with E-state index in [1.807, 2.05) is 97.9 Å². The van der Waals surface area contributed by atoms with Gasteiger partial charge >= 0.3 is 0 Å². The summed E-state index contributed by atoms with van der Waals surface area (Å²) in [6.07, 6.45) is 0.253. The molecule has 0 spiro atoms. The van der Waals surface area contributed by atoms with Crippen molar-refractivity contribution in [3.8, 4) is 11.5 Å². The first-order chi connectivity index (χ1) is 17.4. The Kier molecular flexibility index (Phi) is 8.66. The number of para-hydroxylation sites is 1. The lowest BCUT2D eigenvalue weighted by Gasteiger charge is -2.13. The third-order valence-electron chi connectivity index (χ3n) is 5.18. The molecule has 0 bridgehead atoms. The molecule has 36 heavy (non-hydrogen) atoms. The zero-order valence-electron chi connectivity index (χ0n) is 19.6. The van der Waals surface area contributed by atoms with Crippen LogP contribution in [-0.4, -0.2) is 17.1 Å². The van der Waals surface area contributed by atoms with Crippen molar-refractivity contribution in [2.24, 2.45) is 0 Å². The maximum Gasteiger partial charge on any atom is 0.237 e. The minimum Gasteiger partial charge on any atom is -0.457 e. The molecule has 0 aliphatic carbocycles. The van der Waals surface area contributed by atoms with E-state index in [1.165, 1.54) is 11.8 Å². The molecule has 5 nitrogen and oxygen atoms in total. The molecule has 0 aliphatic heterocycles. The van der Waals surface area contributed by atoms with Crippen molar-refractivity contribution in [2.75, 3.05) is 10.6 Å². The Morgan fingerprint density at radius 2 is 1.50 bits per heavy atom. The maximum absolute atomic E-state index is 12.7. The molecular formula is C29H25ClN2O3S. The largest absolute Gasteiger partial charge is 0.457 e. The van der Waals surface area contributed by atoms with Gasteiger partial charge in [-0.2, -0.15) is 0 Å². The number of hydrogen-bond acceptors (Lipinski definition) is 4. The molecule has 1 atom stereocenters. The monoisotopic (exact) mass is 516 g/mol. The van der Waals surface area contributed by atoms with Gasteiger partial charge in [0.15, 0.2) is 0 Å². The molecular weight excluding hydrogens is 492 g/mol. The van der Waals surface area contributed by atoms with Crippen molar-refractivity contribution in [3.05, 3.63) is 114 Å². The van der Waals surface area contributed by atoms with Gasteiger partial charge in [-0.25, -0.2) is 0 Å². The quantitative estimate of drug-likeness (QED) is 0.227. The predicted octanol–water partition coefficient (Wildman–Crippen LogP) is 7.43. The van der Waals surface area contributed by atoms with E-state index in [-0.39, 0.29) is 23.5 Å². The summed E-state index contributed by atoms with van der Waals surface area (Å²) in [5.74, 6) is 1.21. The van der Waals surface area contributed by atoms with Crippen molar-refractivity contribution >= 4 is 46.6 Å². The molecule has 4 rings (SSSR count). The van der Waals surface area contributed by atoms with Gasteiger partial charge in [-0.1, -0.05) is 48.0 Å². The van der Waals surface area contributed by atoms with Crippen LogP contribution in [0.15, 0.2) is 108 Å². The van der Waals surface area contributed by atoms with E-state index in [1.54, 1.807) is 12.1 Å². The Balaban J connectivity index is 1.29. The van der Waals surface area contributed by atoms with Crippen LogP contribution in [0.5, 0.6) is 11.5 Å². The fraction of sp³-hybridized carbons (Fsp3) is 0.103. The van der Waals surface area contributed by atoms with Crippen LogP contribution < -0.4 is 15.4 Å². The van der Waals surface area contributed by atoms with Crippen LogP contribution in [0.2, 0.25) is 5.02 Å². The fourth-order valence-corrected chi connectivity index (χ4v) is 4.42. The van der Waals surface area contributed by atoms with Gasteiger partial charge in [0.2, 0.25) is 11.8 Å². The summed E-state index contributed by atoms with van der Waals surface area (Å²) in [5, 5.41) is 6.14.